The molecule has 23 heavy (non-hydrogen) atoms. The van der Waals surface area contributed by atoms with Crippen molar-refractivity contribution in [1.82, 2.24) is 0 Å². The van der Waals surface area contributed by atoms with E-state index in [4.69, 9.17) is 4.89 Å². The quantitative estimate of drug-likeness (QED) is 0.123. The van der Waals surface area contributed by atoms with E-state index in [1.165, 1.54) is 0 Å². The van der Waals surface area contributed by atoms with Gasteiger partial charge < -0.3 is 9.47 Å². The van der Waals surface area contributed by atoms with Crippen molar-refractivity contribution in [2.45, 2.75) is 52.4 Å². The highest BCUT2D eigenvalue weighted by Crippen LogP contribution is 2.43. The molecule has 10 nitrogen and oxygen atoms in total. The van der Waals surface area contributed by atoms with Gasteiger partial charge in [-0.1, -0.05) is 26.7 Å². The first-order valence-electron chi connectivity index (χ1n) is 7.17. The van der Waals surface area contributed by atoms with Crippen LogP contribution in [0.5, 0.6) is 0 Å². The van der Waals surface area contributed by atoms with Crippen LogP contribution in [-0.4, -0.2) is 30.4 Å². The van der Waals surface area contributed by atoms with Crippen molar-refractivity contribution in [1.29, 1.82) is 0 Å². The van der Waals surface area contributed by atoms with E-state index in [0.29, 0.717) is 12.8 Å². The third kappa shape index (κ3) is 14.3. The Balaban J connectivity index is 3.66. The van der Waals surface area contributed by atoms with Gasteiger partial charge in [-0.15, -0.1) is 9.35 Å². The van der Waals surface area contributed by atoms with Crippen LogP contribution in [0.3, 0.4) is 0 Å². The molecule has 0 fully saturated rings. The van der Waals surface area contributed by atoms with Crippen LogP contribution in [0.2, 0.25) is 0 Å². The molecular weight excluding hydrogens is 335 g/mol. The van der Waals surface area contributed by atoms with Crippen molar-refractivity contribution in [2.24, 2.45) is 0 Å². The lowest BCUT2D eigenvalue weighted by Crippen LogP contribution is -2.10. The van der Waals surface area contributed by atoms with Crippen LogP contribution in [0.25, 0.3) is 0 Å². The fourth-order valence-corrected chi connectivity index (χ4v) is 1.53. The van der Waals surface area contributed by atoms with Gasteiger partial charge in [0.15, 0.2) is 0 Å². The number of phosphoric acid groups is 1. The Morgan fingerprint density at radius 2 is 1.26 bits per heavy atom. The van der Waals surface area contributed by atoms with Gasteiger partial charge in [0.05, 0.1) is 0 Å². The highest BCUT2D eigenvalue weighted by atomic mass is 31.2. The summed E-state index contributed by atoms with van der Waals surface area (Å²) in [6.45, 7) is 2.46. The van der Waals surface area contributed by atoms with E-state index in [2.05, 4.69) is 28.6 Å². The maximum Gasteiger partial charge on any atom is 0.527 e. The smallest absolute Gasteiger partial charge is 0.435 e. The summed E-state index contributed by atoms with van der Waals surface area (Å²) in [4.78, 5) is 39.7. The molecule has 0 amide bonds. The largest absolute Gasteiger partial charge is 0.527 e. The van der Waals surface area contributed by atoms with Crippen molar-refractivity contribution in [3.8, 4) is 0 Å². The normalized spacial score (nSPS) is 11.3. The number of ether oxygens (including phenoxy) is 2. The molecule has 0 aromatic heterocycles. The number of hydrogen-bond donors (Lipinski definition) is 1. The number of rotatable bonds is 14. The van der Waals surface area contributed by atoms with Crippen molar-refractivity contribution < 1.29 is 47.6 Å². The van der Waals surface area contributed by atoms with Crippen LogP contribution >= 0.6 is 7.82 Å². The van der Waals surface area contributed by atoms with Crippen LogP contribution in [0.1, 0.15) is 52.4 Å². The second-order valence-electron chi connectivity index (χ2n) is 4.33. The maximum absolute atomic E-state index is 11.2. The third-order valence-electron chi connectivity index (χ3n) is 2.30. The third-order valence-corrected chi connectivity index (χ3v) is 2.89. The molecular formula is C12H23O10P. The number of unbranched alkanes of at least 4 members (excludes halogenated alkanes) is 2. The number of esters is 2. The maximum atomic E-state index is 11.2. The van der Waals surface area contributed by atoms with E-state index < -0.39 is 33.3 Å². The Labute approximate surface area is 134 Å². The molecule has 1 N–H and O–H groups in total. The molecule has 0 heterocycles. The van der Waals surface area contributed by atoms with E-state index >= 15 is 0 Å². The van der Waals surface area contributed by atoms with Crippen molar-refractivity contribution >= 4 is 19.8 Å². The molecule has 0 aliphatic heterocycles. The minimum atomic E-state index is -4.68. The lowest BCUT2D eigenvalue weighted by Gasteiger charge is -2.10. The fraction of sp³-hybridized carbons (Fsp3) is 0.833. The highest BCUT2D eigenvalue weighted by Gasteiger charge is 2.25. The molecule has 0 unspecified atom stereocenters. The summed E-state index contributed by atoms with van der Waals surface area (Å²) < 4.78 is 28.3. The molecule has 0 aromatic rings. The Morgan fingerprint density at radius 1 is 0.870 bits per heavy atom. The average Bonchev–Trinajstić information content (AvgIpc) is 2.51. The van der Waals surface area contributed by atoms with Gasteiger partial charge in [-0.25, -0.2) is 4.57 Å². The first-order valence-corrected chi connectivity index (χ1v) is 8.67. The Hall–Kier alpha value is -1.03. The lowest BCUT2D eigenvalue weighted by molar-refractivity contribution is -0.318. The van der Waals surface area contributed by atoms with Crippen LogP contribution in [0.15, 0.2) is 0 Å². The SMILES string of the molecule is CCCCC(=O)OCOOP(=O)(O)OOCOC(=O)CCCC. The second kappa shape index (κ2) is 13.4. The fourth-order valence-electron chi connectivity index (χ4n) is 1.15. The van der Waals surface area contributed by atoms with Gasteiger partial charge in [0, 0.05) is 12.8 Å². The first-order chi connectivity index (χ1) is 10.9. The van der Waals surface area contributed by atoms with Crippen LogP contribution in [0, 0.1) is 0 Å². The van der Waals surface area contributed by atoms with Gasteiger partial charge in [0.1, 0.15) is 0 Å². The van der Waals surface area contributed by atoms with Gasteiger partial charge in [0.2, 0.25) is 13.6 Å². The van der Waals surface area contributed by atoms with Crippen LogP contribution in [0.4, 0.5) is 0 Å². The molecule has 0 aliphatic carbocycles. The summed E-state index contributed by atoms with van der Waals surface area (Å²) in [7, 11) is -4.68. The molecule has 11 heteroatoms. The Bertz CT molecular complexity index is 354. The second-order valence-corrected chi connectivity index (χ2v) is 5.56. The van der Waals surface area contributed by atoms with E-state index in [1.807, 2.05) is 13.8 Å². The zero-order chi connectivity index (χ0) is 17.6. The monoisotopic (exact) mass is 358 g/mol. The van der Waals surface area contributed by atoms with Crippen LogP contribution < -0.4 is 0 Å². The van der Waals surface area contributed by atoms with E-state index in [9.17, 15) is 14.2 Å². The summed E-state index contributed by atoms with van der Waals surface area (Å²) in [5, 5.41) is 0. The summed E-state index contributed by atoms with van der Waals surface area (Å²) in [6.07, 6.45) is 3.39. The number of carbonyl (C=O) groups is 2. The molecule has 0 saturated heterocycles. The molecule has 0 bridgehead atoms. The molecule has 0 aliphatic rings. The summed E-state index contributed by atoms with van der Waals surface area (Å²) in [6, 6.07) is 0. The molecule has 0 radical (unpaired) electrons. The zero-order valence-corrected chi connectivity index (χ0v) is 14.1. The number of carbonyl (C=O) groups excluding carboxylic acids is 2. The van der Waals surface area contributed by atoms with E-state index in [0.717, 1.165) is 12.8 Å². The minimum Gasteiger partial charge on any atom is -0.435 e. The van der Waals surface area contributed by atoms with Gasteiger partial charge in [-0.2, -0.15) is 9.78 Å². The molecule has 0 atom stereocenters. The van der Waals surface area contributed by atoms with Crippen molar-refractivity contribution in [3.63, 3.8) is 0 Å². The first kappa shape index (κ1) is 22.0. The molecule has 0 rings (SSSR count). The Kier molecular flexibility index (Phi) is 12.8. The van der Waals surface area contributed by atoms with Gasteiger partial charge in [0.25, 0.3) is 0 Å². The van der Waals surface area contributed by atoms with Gasteiger partial charge in [-0.05, 0) is 12.8 Å². The standard InChI is InChI=1S/C12H23O10P/c1-3-5-7-11(13)17-9-19-21-23(15,16)22-20-10-18-12(14)8-6-4-2/h3-10H2,1-2H3,(H,15,16). The average molecular weight is 358 g/mol. The lowest BCUT2D eigenvalue weighted by atomic mass is 10.3. The molecule has 136 valence electrons. The zero-order valence-electron chi connectivity index (χ0n) is 13.2. The van der Waals surface area contributed by atoms with Gasteiger partial charge >= 0.3 is 19.8 Å². The predicted octanol–water partition coefficient (Wildman–Crippen LogP) is 2.37. The Morgan fingerprint density at radius 3 is 1.61 bits per heavy atom. The summed E-state index contributed by atoms with van der Waals surface area (Å²) in [5.74, 6) is -1.06. The topological polar surface area (TPSA) is 127 Å². The number of hydrogen-bond acceptors (Lipinski definition) is 9. The summed E-state index contributed by atoms with van der Waals surface area (Å²) in [5.41, 5.74) is 0. The highest BCUT2D eigenvalue weighted by molar-refractivity contribution is 7.47. The molecule has 0 aromatic carbocycles. The molecule has 0 spiro atoms. The summed E-state index contributed by atoms with van der Waals surface area (Å²) >= 11 is 0. The predicted molar refractivity (Wildman–Crippen MR) is 75.1 cm³/mol. The van der Waals surface area contributed by atoms with Crippen molar-refractivity contribution in [2.75, 3.05) is 13.6 Å². The van der Waals surface area contributed by atoms with Crippen LogP contribution in [-0.2, 0) is 42.8 Å². The van der Waals surface area contributed by atoms with E-state index in [-0.39, 0.29) is 12.8 Å². The van der Waals surface area contributed by atoms with Gasteiger partial charge in [-0.3, -0.25) is 14.5 Å². The molecule has 0 saturated carbocycles. The van der Waals surface area contributed by atoms with E-state index in [1.54, 1.807) is 0 Å². The minimum absolute atomic E-state index is 0.208. The van der Waals surface area contributed by atoms with Crippen molar-refractivity contribution in [3.05, 3.63) is 0 Å².